The van der Waals surface area contributed by atoms with E-state index in [-0.39, 0.29) is 5.02 Å². The Kier molecular flexibility index (Phi) is 3.65. The molecule has 0 atom stereocenters. The minimum atomic E-state index is -0.419. The lowest BCUT2D eigenvalue weighted by Gasteiger charge is -2.12. The van der Waals surface area contributed by atoms with Crippen LogP contribution in [0.1, 0.15) is 0 Å². The summed E-state index contributed by atoms with van der Waals surface area (Å²) in [5, 5.41) is 4.14. The Balaban J connectivity index is 2.11. The summed E-state index contributed by atoms with van der Waals surface area (Å²) in [6, 6.07) is 7.89. The van der Waals surface area contributed by atoms with E-state index in [0.717, 1.165) is 5.39 Å². The molecule has 0 amide bonds. The first-order valence-corrected chi connectivity index (χ1v) is 7.13. The molecule has 0 aliphatic carbocycles. The molecule has 0 radical (unpaired) electrons. The number of hydrogen-bond donors (Lipinski definition) is 2. The lowest BCUT2D eigenvalue weighted by Crippen LogP contribution is -1.98. The third kappa shape index (κ3) is 2.77. The van der Waals surface area contributed by atoms with E-state index in [1.165, 1.54) is 18.5 Å². The monoisotopic (exact) mass is 366 g/mol. The topological polar surface area (TPSA) is 63.8 Å². The standard InChI is InChI=1S/C14H9BrClFN4/c15-10-3-7(17)4-11(16)13(10)21-14-9-2-1-8(18)5-12(9)19-6-20-14/h1-6H,18H2,(H,19,20,21). The molecule has 3 N–H and O–H groups in total. The highest BCUT2D eigenvalue weighted by molar-refractivity contribution is 9.10. The molecule has 0 unspecified atom stereocenters. The first-order valence-electron chi connectivity index (χ1n) is 5.96. The van der Waals surface area contributed by atoms with E-state index in [1.54, 1.807) is 12.1 Å². The minimum Gasteiger partial charge on any atom is -0.399 e. The second-order valence-corrected chi connectivity index (χ2v) is 5.63. The van der Waals surface area contributed by atoms with E-state index >= 15 is 0 Å². The zero-order valence-corrected chi connectivity index (χ0v) is 12.9. The van der Waals surface area contributed by atoms with Gasteiger partial charge >= 0.3 is 0 Å². The molecule has 1 heterocycles. The van der Waals surface area contributed by atoms with Gasteiger partial charge in [-0.2, -0.15) is 0 Å². The molecule has 7 heteroatoms. The number of fused-ring (bicyclic) bond motifs is 1. The van der Waals surface area contributed by atoms with Gasteiger partial charge in [-0.3, -0.25) is 0 Å². The van der Waals surface area contributed by atoms with E-state index in [2.05, 4.69) is 31.2 Å². The number of halogens is 3. The number of rotatable bonds is 2. The van der Waals surface area contributed by atoms with Crippen molar-refractivity contribution in [1.82, 2.24) is 9.97 Å². The number of nitrogens with one attached hydrogen (secondary N) is 1. The fraction of sp³-hybridized carbons (Fsp3) is 0. The normalized spacial score (nSPS) is 10.8. The molecule has 1 aromatic heterocycles. The maximum Gasteiger partial charge on any atom is 0.141 e. The minimum absolute atomic E-state index is 0.254. The molecule has 0 aliphatic heterocycles. The first-order chi connectivity index (χ1) is 10.0. The number of nitrogens with two attached hydrogens (primary N) is 1. The summed E-state index contributed by atoms with van der Waals surface area (Å²) in [5.41, 5.74) is 7.61. The van der Waals surface area contributed by atoms with Crippen LogP contribution in [0.3, 0.4) is 0 Å². The van der Waals surface area contributed by atoms with Crippen LogP contribution in [0.5, 0.6) is 0 Å². The van der Waals surface area contributed by atoms with Gasteiger partial charge in [0.1, 0.15) is 18.0 Å². The van der Waals surface area contributed by atoms with Crippen molar-refractivity contribution in [2.45, 2.75) is 0 Å². The Morgan fingerprint density at radius 2 is 2.00 bits per heavy atom. The van der Waals surface area contributed by atoms with Crippen molar-refractivity contribution in [2.24, 2.45) is 0 Å². The van der Waals surface area contributed by atoms with E-state index in [0.29, 0.717) is 27.2 Å². The quantitative estimate of drug-likeness (QED) is 0.654. The zero-order chi connectivity index (χ0) is 15.0. The second kappa shape index (κ2) is 5.46. The first kappa shape index (κ1) is 14.0. The number of nitrogens with zero attached hydrogens (tertiary/aromatic N) is 2. The van der Waals surface area contributed by atoms with Crippen molar-refractivity contribution in [2.75, 3.05) is 11.1 Å². The summed E-state index contributed by atoms with van der Waals surface area (Å²) >= 11 is 9.35. The van der Waals surface area contributed by atoms with Crippen molar-refractivity contribution in [3.05, 3.63) is 52.0 Å². The number of nitrogen functional groups attached to an aromatic ring is 1. The van der Waals surface area contributed by atoms with Gasteiger partial charge in [0.2, 0.25) is 0 Å². The van der Waals surface area contributed by atoms with Crippen LogP contribution < -0.4 is 11.1 Å². The molecule has 4 nitrogen and oxygen atoms in total. The largest absolute Gasteiger partial charge is 0.399 e. The van der Waals surface area contributed by atoms with Crippen molar-refractivity contribution < 1.29 is 4.39 Å². The third-order valence-electron chi connectivity index (χ3n) is 2.91. The van der Waals surface area contributed by atoms with Gasteiger partial charge in [0, 0.05) is 15.5 Å². The Morgan fingerprint density at radius 3 is 2.76 bits per heavy atom. The molecule has 2 aromatic carbocycles. The Bertz CT molecular complexity index is 817. The molecule has 106 valence electrons. The SMILES string of the molecule is Nc1ccc2c(Nc3c(Cl)cc(F)cc3Br)ncnc2c1. The van der Waals surface area contributed by atoms with Crippen molar-refractivity contribution in [1.29, 1.82) is 0 Å². The molecule has 0 spiro atoms. The Morgan fingerprint density at radius 1 is 1.19 bits per heavy atom. The van der Waals surface area contributed by atoms with E-state index in [4.69, 9.17) is 17.3 Å². The summed E-state index contributed by atoms with van der Waals surface area (Å²) in [4.78, 5) is 8.37. The average Bonchev–Trinajstić information content (AvgIpc) is 2.42. The highest BCUT2D eigenvalue weighted by Gasteiger charge is 2.11. The lowest BCUT2D eigenvalue weighted by atomic mass is 10.2. The molecule has 0 saturated carbocycles. The Hall–Kier alpha value is -1.92. The summed E-state index contributed by atoms with van der Waals surface area (Å²) in [7, 11) is 0. The maximum atomic E-state index is 13.3. The van der Waals surface area contributed by atoms with Crippen molar-refractivity contribution in [3.8, 4) is 0 Å². The summed E-state index contributed by atoms with van der Waals surface area (Å²) in [5.74, 6) is 0.145. The van der Waals surface area contributed by atoms with Crippen molar-refractivity contribution in [3.63, 3.8) is 0 Å². The molecule has 21 heavy (non-hydrogen) atoms. The molecule has 0 fully saturated rings. The van der Waals surface area contributed by atoms with Crippen LogP contribution in [0.4, 0.5) is 21.6 Å². The van der Waals surface area contributed by atoms with Gasteiger partial charge in [0.25, 0.3) is 0 Å². The van der Waals surface area contributed by atoms with Gasteiger partial charge in [-0.05, 0) is 46.3 Å². The van der Waals surface area contributed by atoms with Crippen molar-refractivity contribution >= 4 is 55.6 Å². The summed E-state index contributed by atoms with van der Waals surface area (Å²) in [6.07, 6.45) is 1.43. The van der Waals surface area contributed by atoms with Gasteiger partial charge in [-0.15, -0.1) is 0 Å². The van der Waals surface area contributed by atoms with Gasteiger partial charge in [0.05, 0.1) is 16.2 Å². The molecular formula is C14H9BrClFN4. The van der Waals surface area contributed by atoms with E-state index in [9.17, 15) is 4.39 Å². The number of aromatic nitrogens is 2. The highest BCUT2D eigenvalue weighted by atomic mass is 79.9. The number of anilines is 3. The molecule has 3 aromatic rings. The zero-order valence-electron chi connectivity index (χ0n) is 10.6. The molecule has 0 saturated heterocycles. The molecule has 3 rings (SSSR count). The number of hydrogen-bond acceptors (Lipinski definition) is 4. The molecule has 0 aliphatic rings. The predicted octanol–water partition coefficient (Wildman–Crippen LogP) is 4.51. The smallest absolute Gasteiger partial charge is 0.141 e. The highest BCUT2D eigenvalue weighted by Crippen LogP contribution is 2.35. The van der Waals surface area contributed by atoms with Gasteiger partial charge in [-0.25, -0.2) is 14.4 Å². The van der Waals surface area contributed by atoms with Crippen LogP contribution in [0.15, 0.2) is 41.1 Å². The maximum absolute atomic E-state index is 13.3. The van der Waals surface area contributed by atoms with Crippen LogP contribution in [0.25, 0.3) is 10.9 Å². The molecule has 0 bridgehead atoms. The third-order valence-corrected chi connectivity index (χ3v) is 3.83. The Labute approximate surface area is 133 Å². The van der Waals surface area contributed by atoms with Crippen LogP contribution in [-0.2, 0) is 0 Å². The fourth-order valence-electron chi connectivity index (χ4n) is 1.95. The van der Waals surface area contributed by atoms with E-state index in [1.807, 2.05) is 6.07 Å². The van der Waals surface area contributed by atoms with Crippen LogP contribution in [0, 0.1) is 5.82 Å². The molecular weight excluding hydrogens is 359 g/mol. The second-order valence-electron chi connectivity index (χ2n) is 4.37. The lowest BCUT2D eigenvalue weighted by molar-refractivity contribution is 0.627. The summed E-state index contributed by atoms with van der Waals surface area (Å²) < 4.78 is 13.8. The predicted molar refractivity (Wildman–Crippen MR) is 86.3 cm³/mol. The van der Waals surface area contributed by atoms with Gasteiger partial charge in [-0.1, -0.05) is 11.6 Å². The van der Waals surface area contributed by atoms with Gasteiger partial charge < -0.3 is 11.1 Å². The van der Waals surface area contributed by atoms with E-state index < -0.39 is 5.82 Å². The van der Waals surface area contributed by atoms with Gasteiger partial charge in [0.15, 0.2) is 0 Å². The van der Waals surface area contributed by atoms with Crippen LogP contribution in [-0.4, -0.2) is 9.97 Å². The number of benzene rings is 2. The van der Waals surface area contributed by atoms with Crippen LogP contribution in [0.2, 0.25) is 5.02 Å². The fourth-order valence-corrected chi connectivity index (χ4v) is 2.85. The summed E-state index contributed by atoms with van der Waals surface area (Å²) in [6.45, 7) is 0. The van der Waals surface area contributed by atoms with Crippen LogP contribution >= 0.6 is 27.5 Å². The average molecular weight is 368 g/mol.